The molecule has 1 N–H and O–H groups in total. The fourth-order valence-corrected chi connectivity index (χ4v) is 2.75. The van der Waals surface area contributed by atoms with E-state index < -0.39 is 4.92 Å². The predicted octanol–water partition coefficient (Wildman–Crippen LogP) is 2.30. The molecule has 7 nitrogen and oxygen atoms in total. The molecule has 1 fully saturated rings. The van der Waals surface area contributed by atoms with Crippen molar-refractivity contribution in [1.29, 1.82) is 0 Å². The Morgan fingerprint density at radius 3 is 2.64 bits per heavy atom. The second kappa shape index (κ2) is 7.04. The van der Waals surface area contributed by atoms with Crippen LogP contribution in [0.2, 0.25) is 5.02 Å². The molecule has 0 aromatic heterocycles. The van der Waals surface area contributed by atoms with Gasteiger partial charge in [-0.2, -0.15) is 0 Å². The first-order valence-electron chi connectivity index (χ1n) is 6.96. The Bertz CT molecular complexity index is 571. The number of hydrogen-bond donors (Lipinski definition) is 1. The highest BCUT2D eigenvalue weighted by molar-refractivity contribution is 6.34. The van der Waals surface area contributed by atoms with Crippen LogP contribution in [0.4, 0.5) is 11.4 Å². The highest BCUT2D eigenvalue weighted by Crippen LogP contribution is 2.26. The van der Waals surface area contributed by atoms with Crippen molar-refractivity contribution in [1.82, 2.24) is 4.90 Å². The summed E-state index contributed by atoms with van der Waals surface area (Å²) in [6.45, 7) is 5.53. The maximum atomic E-state index is 12.1. The van der Waals surface area contributed by atoms with E-state index >= 15 is 0 Å². The SMILES string of the molecule is C[C@H]1CN(CC(=O)Nc2ccc([N+](=O)[O-])cc2Cl)C[C@H](C)O1. The van der Waals surface area contributed by atoms with Crippen LogP contribution >= 0.6 is 11.6 Å². The molecule has 1 amide bonds. The summed E-state index contributed by atoms with van der Waals surface area (Å²) in [6, 6.07) is 3.96. The third kappa shape index (κ3) is 4.40. The lowest BCUT2D eigenvalue weighted by atomic mass is 10.2. The smallest absolute Gasteiger partial charge is 0.271 e. The third-order valence-corrected chi connectivity index (χ3v) is 3.61. The van der Waals surface area contributed by atoms with Crippen molar-refractivity contribution in [3.63, 3.8) is 0 Å². The van der Waals surface area contributed by atoms with Crippen LogP contribution in [-0.2, 0) is 9.53 Å². The number of morpholine rings is 1. The zero-order valence-electron chi connectivity index (χ0n) is 12.4. The average Bonchev–Trinajstić information content (AvgIpc) is 2.39. The lowest BCUT2D eigenvalue weighted by Crippen LogP contribution is -2.48. The van der Waals surface area contributed by atoms with Crippen molar-refractivity contribution >= 4 is 28.9 Å². The summed E-state index contributed by atoms with van der Waals surface area (Å²) in [5.41, 5.74) is 0.255. The van der Waals surface area contributed by atoms with Gasteiger partial charge in [0, 0.05) is 25.2 Å². The van der Waals surface area contributed by atoms with E-state index in [0.29, 0.717) is 18.8 Å². The fraction of sp³-hybridized carbons (Fsp3) is 0.500. The number of benzene rings is 1. The van der Waals surface area contributed by atoms with Gasteiger partial charge in [-0.15, -0.1) is 0 Å². The quantitative estimate of drug-likeness (QED) is 0.677. The molecule has 1 aromatic rings. The molecule has 0 spiro atoms. The number of hydrogen-bond acceptors (Lipinski definition) is 5. The number of carbonyl (C=O) groups excluding carboxylic acids is 1. The number of nitro groups is 1. The van der Waals surface area contributed by atoms with Crippen LogP contribution in [0.25, 0.3) is 0 Å². The Hall–Kier alpha value is -1.70. The molecule has 2 rings (SSSR count). The zero-order valence-corrected chi connectivity index (χ0v) is 13.2. The molecule has 1 heterocycles. The normalized spacial score (nSPS) is 22.3. The maximum Gasteiger partial charge on any atom is 0.271 e. The average molecular weight is 328 g/mol. The van der Waals surface area contributed by atoms with Gasteiger partial charge in [-0.25, -0.2) is 0 Å². The van der Waals surface area contributed by atoms with Crippen molar-refractivity contribution in [3.8, 4) is 0 Å². The van der Waals surface area contributed by atoms with E-state index in [4.69, 9.17) is 16.3 Å². The van der Waals surface area contributed by atoms with Crippen LogP contribution in [0, 0.1) is 10.1 Å². The molecule has 0 saturated carbocycles. The molecular weight excluding hydrogens is 310 g/mol. The van der Waals surface area contributed by atoms with E-state index in [2.05, 4.69) is 5.32 Å². The molecule has 1 aliphatic heterocycles. The third-order valence-electron chi connectivity index (χ3n) is 3.30. The lowest BCUT2D eigenvalue weighted by Gasteiger charge is -2.34. The Morgan fingerprint density at radius 2 is 2.09 bits per heavy atom. The molecule has 22 heavy (non-hydrogen) atoms. The number of nitrogens with one attached hydrogen (secondary N) is 1. The number of nitrogens with zero attached hydrogens (tertiary/aromatic N) is 2. The van der Waals surface area contributed by atoms with Gasteiger partial charge in [0.15, 0.2) is 0 Å². The van der Waals surface area contributed by atoms with Gasteiger partial charge in [0.05, 0.1) is 34.4 Å². The minimum atomic E-state index is -0.534. The molecule has 1 saturated heterocycles. The number of rotatable bonds is 4. The lowest BCUT2D eigenvalue weighted by molar-refractivity contribution is -0.384. The number of amides is 1. The number of nitro benzene ring substituents is 1. The van der Waals surface area contributed by atoms with Gasteiger partial charge in [-0.1, -0.05) is 11.6 Å². The highest BCUT2D eigenvalue weighted by atomic mass is 35.5. The second-order valence-electron chi connectivity index (χ2n) is 5.42. The van der Waals surface area contributed by atoms with Crippen LogP contribution < -0.4 is 5.32 Å². The van der Waals surface area contributed by atoms with Gasteiger partial charge >= 0.3 is 0 Å². The Kier molecular flexibility index (Phi) is 5.33. The van der Waals surface area contributed by atoms with E-state index in [9.17, 15) is 14.9 Å². The maximum absolute atomic E-state index is 12.1. The largest absolute Gasteiger partial charge is 0.373 e. The summed E-state index contributed by atoms with van der Waals surface area (Å²) in [4.78, 5) is 24.2. The van der Waals surface area contributed by atoms with Crippen molar-refractivity contribution in [2.45, 2.75) is 26.1 Å². The van der Waals surface area contributed by atoms with E-state index in [1.54, 1.807) is 0 Å². The van der Waals surface area contributed by atoms with Gasteiger partial charge in [0.2, 0.25) is 5.91 Å². The Morgan fingerprint density at radius 1 is 1.45 bits per heavy atom. The van der Waals surface area contributed by atoms with Gasteiger partial charge in [0.25, 0.3) is 5.69 Å². The van der Waals surface area contributed by atoms with E-state index in [-0.39, 0.29) is 35.4 Å². The molecular formula is C14H18ClN3O4. The molecule has 0 unspecified atom stereocenters. The summed E-state index contributed by atoms with van der Waals surface area (Å²) in [6.07, 6.45) is 0.166. The summed E-state index contributed by atoms with van der Waals surface area (Å²) in [5.74, 6) is -0.211. The highest BCUT2D eigenvalue weighted by Gasteiger charge is 2.24. The van der Waals surface area contributed by atoms with Crippen LogP contribution in [0.1, 0.15) is 13.8 Å². The summed E-state index contributed by atoms with van der Waals surface area (Å²) in [5, 5.41) is 13.5. The predicted molar refractivity (Wildman–Crippen MR) is 83.2 cm³/mol. The molecule has 2 atom stereocenters. The number of halogens is 1. The zero-order chi connectivity index (χ0) is 16.3. The van der Waals surface area contributed by atoms with Crippen molar-refractivity contribution < 1.29 is 14.5 Å². The molecule has 0 radical (unpaired) electrons. The topological polar surface area (TPSA) is 84.7 Å². The number of carbonyl (C=O) groups is 1. The second-order valence-corrected chi connectivity index (χ2v) is 5.83. The van der Waals surface area contributed by atoms with Crippen LogP contribution in [0.3, 0.4) is 0 Å². The minimum absolute atomic E-state index is 0.0829. The van der Waals surface area contributed by atoms with E-state index in [0.717, 1.165) is 0 Å². The van der Waals surface area contributed by atoms with Crippen LogP contribution in [0.5, 0.6) is 0 Å². The number of anilines is 1. The molecule has 0 bridgehead atoms. The number of ether oxygens (including phenoxy) is 1. The summed E-state index contributed by atoms with van der Waals surface area (Å²) >= 11 is 5.95. The minimum Gasteiger partial charge on any atom is -0.373 e. The first kappa shape index (κ1) is 16.7. The molecule has 1 aliphatic rings. The van der Waals surface area contributed by atoms with E-state index in [1.165, 1.54) is 18.2 Å². The molecule has 0 aliphatic carbocycles. The monoisotopic (exact) mass is 327 g/mol. The first-order valence-corrected chi connectivity index (χ1v) is 7.34. The van der Waals surface area contributed by atoms with Crippen LogP contribution in [0.15, 0.2) is 18.2 Å². The Labute approximate surface area is 133 Å². The first-order chi connectivity index (χ1) is 10.3. The van der Waals surface area contributed by atoms with Crippen LogP contribution in [-0.4, -0.2) is 47.6 Å². The van der Waals surface area contributed by atoms with Gasteiger partial charge < -0.3 is 10.1 Å². The van der Waals surface area contributed by atoms with Gasteiger partial charge in [-0.05, 0) is 19.9 Å². The molecule has 1 aromatic carbocycles. The number of non-ortho nitro benzene ring substituents is 1. The van der Waals surface area contributed by atoms with Crippen molar-refractivity contribution in [3.05, 3.63) is 33.3 Å². The summed E-state index contributed by atoms with van der Waals surface area (Å²) in [7, 11) is 0. The Balaban J connectivity index is 1.96. The van der Waals surface area contributed by atoms with Crippen molar-refractivity contribution in [2.75, 3.05) is 25.0 Å². The van der Waals surface area contributed by atoms with Gasteiger partial charge in [0.1, 0.15) is 0 Å². The van der Waals surface area contributed by atoms with Gasteiger partial charge in [-0.3, -0.25) is 19.8 Å². The van der Waals surface area contributed by atoms with E-state index in [1.807, 2.05) is 18.7 Å². The summed E-state index contributed by atoms with van der Waals surface area (Å²) < 4.78 is 5.61. The van der Waals surface area contributed by atoms with Crippen molar-refractivity contribution in [2.24, 2.45) is 0 Å². The fourth-order valence-electron chi connectivity index (χ4n) is 2.53. The molecule has 8 heteroatoms. The standard InChI is InChI=1S/C14H18ClN3O4/c1-9-6-17(7-10(2)22-9)8-14(19)16-13-4-3-11(18(20)21)5-12(13)15/h3-5,9-10H,6-8H2,1-2H3,(H,16,19)/t9-,10-/m0/s1. The molecule has 120 valence electrons.